The molecule has 0 spiro atoms. The quantitative estimate of drug-likeness (QED) is 0.556. The van der Waals surface area contributed by atoms with Crippen molar-refractivity contribution in [1.29, 1.82) is 0 Å². The zero-order chi connectivity index (χ0) is 16.5. The van der Waals surface area contributed by atoms with Gasteiger partial charge >= 0.3 is 0 Å². The van der Waals surface area contributed by atoms with Gasteiger partial charge in [0.15, 0.2) is 0 Å². The van der Waals surface area contributed by atoms with E-state index >= 15 is 0 Å². The number of thioether (sulfide) groups is 1. The lowest BCUT2D eigenvalue weighted by Crippen LogP contribution is -2.17. The minimum Gasteiger partial charge on any atom is -0.398 e. The highest BCUT2D eigenvalue weighted by Crippen LogP contribution is 2.20. The van der Waals surface area contributed by atoms with Gasteiger partial charge < -0.3 is 15.8 Å². The van der Waals surface area contributed by atoms with Gasteiger partial charge in [-0.2, -0.15) is 11.8 Å². The minimum absolute atomic E-state index is 0.0199. The van der Waals surface area contributed by atoms with Crippen molar-refractivity contribution in [2.45, 2.75) is 51.6 Å². The monoisotopic (exact) mass is 336 g/mol. The van der Waals surface area contributed by atoms with Gasteiger partial charge in [0.25, 0.3) is 0 Å². The van der Waals surface area contributed by atoms with Crippen LogP contribution in [0.25, 0.3) is 0 Å². The number of hydrogen-bond acceptors (Lipinski definition) is 4. The average molecular weight is 337 g/mol. The summed E-state index contributed by atoms with van der Waals surface area (Å²) in [6, 6.07) is 5.60. The van der Waals surface area contributed by atoms with Crippen LogP contribution in [-0.2, 0) is 9.53 Å². The Kier molecular flexibility index (Phi) is 7.76. The van der Waals surface area contributed by atoms with Crippen molar-refractivity contribution in [3.8, 4) is 0 Å². The standard InChI is InChI=1S/C18H28N2O2S/c1-14-8-9-15(12-17(14)19)20-18(21)13-23-11-5-10-22-16-6-3-2-4-7-16/h8-9,12,16H,2-7,10-11,13,19H2,1H3,(H,20,21). The van der Waals surface area contributed by atoms with Gasteiger partial charge in [0.05, 0.1) is 11.9 Å². The van der Waals surface area contributed by atoms with E-state index in [9.17, 15) is 4.79 Å². The first kappa shape index (κ1) is 18.1. The Balaban J connectivity index is 1.53. The van der Waals surface area contributed by atoms with Gasteiger partial charge in [-0.15, -0.1) is 0 Å². The van der Waals surface area contributed by atoms with Gasteiger partial charge in [-0.25, -0.2) is 0 Å². The average Bonchev–Trinajstić information content (AvgIpc) is 2.55. The first-order chi connectivity index (χ1) is 11.1. The van der Waals surface area contributed by atoms with Crippen molar-refractivity contribution in [1.82, 2.24) is 0 Å². The van der Waals surface area contributed by atoms with E-state index in [1.54, 1.807) is 17.8 Å². The fourth-order valence-corrected chi connectivity index (χ4v) is 3.45. The van der Waals surface area contributed by atoms with E-state index in [2.05, 4.69) is 5.32 Å². The van der Waals surface area contributed by atoms with Crippen LogP contribution >= 0.6 is 11.8 Å². The van der Waals surface area contributed by atoms with E-state index in [1.807, 2.05) is 19.1 Å². The van der Waals surface area contributed by atoms with Crippen LogP contribution in [0.15, 0.2) is 18.2 Å². The molecule has 1 fully saturated rings. The molecule has 1 aromatic carbocycles. The molecule has 1 aromatic rings. The molecule has 0 unspecified atom stereocenters. The van der Waals surface area contributed by atoms with Gasteiger partial charge in [-0.1, -0.05) is 25.3 Å². The summed E-state index contributed by atoms with van der Waals surface area (Å²) in [7, 11) is 0. The summed E-state index contributed by atoms with van der Waals surface area (Å²) in [5.41, 5.74) is 8.33. The lowest BCUT2D eigenvalue weighted by atomic mass is 9.98. The molecule has 0 radical (unpaired) electrons. The van der Waals surface area contributed by atoms with Crippen LogP contribution < -0.4 is 11.1 Å². The maximum atomic E-state index is 11.9. The van der Waals surface area contributed by atoms with Gasteiger partial charge in [0, 0.05) is 18.0 Å². The van der Waals surface area contributed by atoms with E-state index in [0.29, 0.717) is 17.5 Å². The van der Waals surface area contributed by atoms with Gasteiger partial charge in [0.1, 0.15) is 0 Å². The Morgan fingerprint density at radius 3 is 2.87 bits per heavy atom. The molecule has 0 aromatic heterocycles. The summed E-state index contributed by atoms with van der Waals surface area (Å²) in [6.45, 7) is 2.76. The number of rotatable bonds is 8. The van der Waals surface area contributed by atoms with Crippen LogP contribution in [0.3, 0.4) is 0 Å². The van der Waals surface area contributed by atoms with Gasteiger partial charge in [-0.3, -0.25) is 4.79 Å². The predicted octanol–water partition coefficient (Wildman–Crippen LogP) is 3.99. The first-order valence-corrected chi connectivity index (χ1v) is 9.66. The van der Waals surface area contributed by atoms with Gasteiger partial charge in [-0.05, 0) is 49.6 Å². The summed E-state index contributed by atoms with van der Waals surface area (Å²) in [5, 5.41) is 2.88. The molecule has 3 N–H and O–H groups in total. The molecule has 1 saturated carbocycles. The molecule has 4 nitrogen and oxygen atoms in total. The largest absolute Gasteiger partial charge is 0.398 e. The summed E-state index contributed by atoms with van der Waals surface area (Å²) < 4.78 is 5.88. The third-order valence-electron chi connectivity index (χ3n) is 4.13. The second-order valence-electron chi connectivity index (χ2n) is 6.16. The highest BCUT2D eigenvalue weighted by Gasteiger charge is 2.13. The summed E-state index contributed by atoms with van der Waals surface area (Å²) in [6.07, 6.45) is 7.89. The Labute approximate surface area is 143 Å². The zero-order valence-corrected chi connectivity index (χ0v) is 14.8. The van der Waals surface area contributed by atoms with E-state index in [4.69, 9.17) is 10.5 Å². The first-order valence-electron chi connectivity index (χ1n) is 8.50. The fraction of sp³-hybridized carbons (Fsp3) is 0.611. The van der Waals surface area contributed by atoms with Crippen molar-refractivity contribution in [3.63, 3.8) is 0 Å². The second-order valence-corrected chi connectivity index (χ2v) is 7.26. The molecule has 0 aliphatic heterocycles. The molecule has 0 atom stereocenters. The molecule has 1 aliphatic rings. The predicted molar refractivity (Wildman–Crippen MR) is 99.0 cm³/mol. The third kappa shape index (κ3) is 6.83. The number of carbonyl (C=O) groups is 1. The molecular weight excluding hydrogens is 308 g/mol. The number of nitrogen functional groups attached to an aromatic ring is 1. The topological polar surface area (TPSA) is 64.3 Å². The molecule has 128 valence electrons. The van der Waals surface area contributed by atoms with Crippen molar-refractivity contribution in [3.05, 3.63) is 23.8 Å². The maximum absolute atomic E-state index is 11.9. The molecule has 0 bridgehead atoms. The van der Waals surface area contributed by atoms with E-state index in [0.717, 1.165) is 30.0 Å². The number of carbonyl (C=O) groups excluding carboxylic acids is 1. The van der Waals surface area contributed by atoms with Crippen molar-refractivity contribution >= 4 is 29.0 Å². The number of benzene rings is 1. The number of anilines is 2. The molecule has 5 heteroatoms. The Morgan fingerprint density at radius 1 is 1.35 bits per heavy atom. The van der Waals surface area contributed by atoms with Crippen LogP contribution in [0.2, 0.25) is 0 Å². The second kappa shape index (κ2) is 9.83. The number of hydrogen-bond donors (Lipinski definition) is 2. The molecule has 23 heavy (non-hydrogen) atoms. The summed E-state index contributed by atoms with van der Waals surface area (Å²) in [4.78, 5) is 11.9. The summed E-state index contributed by atoms with van der Waals surface area (Å²) >= 11 is 1.65. The third-order valence-corrected chi connectivity index (χ3v) is 5.18. The Hall–Kier alpha value is -1.20. The molecule has 1 amide bonds. The van der Waals surface area contributed by atoms with Gasteiger partial charge in [0.2, 0.25) is 5.91 Å². The highest BCUT2D eigenvalue weighted by atomic mass is 32.2. The summed E-state index contributed by atoms with van der Waals surface area (Å²) in [5.74, 6) is 1.44. The van der Waals surface area contributed by atoms with Crippen molar-refractivity contribution in [2.24, 2.45) is 0 Å². The lowest BCUT2D eigenvalue weighted by molar-refractivity contribution is -0.113. The molecular formula is C18H28N2O2S. The fourth-order valence-electron chi connectivity index (χ4n) is 2.72. The van der Waals surface area contributed by atoms with E-state index < -0.39 is 0 Å². The van der Waals surface area contributed by atoms with E-state index in [1.165, 1.54) is 32.1 Å². The number of amides is 1. The lowest BCUT2D eigenvalue weighted by Gasteiger charge is -2.21. The van der Waals surface area contributed by atoms with Crippen LogP contribution in [-0.4, -0.2) is 30.1 Å². The Bertz CT molecular complexity index is 502. The zero-order valence-electron chi connectivity index (χ0n) is 14.0. The van der Waals surface area contributed by atoms with Crippen LogP contribution in [0, 0.1) is 6.92 Å². The molecule has 1 aliphatic carbocycles. The maximum Gasteiger partial charge on any atom is 0.234 e. The van der Waals surface area contributed by atoms with Crippen LogP contribution in [0.5, 0.6) is 0 Å². The molecule has 2 rings (SSSR count). The van der Waals surface area contributed by atoms with Crippen LogP contribution in [0.4, 0.5) is 11.4 Å². The molecule has 0 heterocycles. The SMILES string of the molecule is Cc1ccc(NC(=O)CSCCCOC2CCCCC2)cc1N. The van der Waals surface area contributed by atoms with Crippen molar-refractivity contribution in [2.75, 3.05) is 29.2 Å². The Morgan fingerprint density at radius 2 is 2.13 bits per heavy atom. The number of nitrogens with two attached hydrogens (primary N) is 1. The number of nitrogens with one attached hydrogen (secondary N) is 1. The molecule has 0 saturated heterocycles. The van der Waals surface area contributed by atoms with Crippen molar-refractivity contribution < 1.29 is 9.53 Å². The number of ether oxygens (including phenoxy) is 1. The normalized spacial score (nSPS) is 15.5. The number of aryl methyl sites for hydroxylation is 1. The van der Waals surface area contributed by atoms with Crippen LogP contribution in [0.1, 0.15) is 44.1 Å². The van der Waals surface area contributed by atoms with E-state index in [-0.39, 0.29) is 5.91 Å². The smallest absolute Gasteiger partial charge is 0.234 e. The minimum atomic E-state index is 0.0199. The highest BCUT2D eigenvalue weighted by molar-refractivity contribution is 7.99.